The summed E-state index contributed by atoms with van der Waals surface area (Å²) in [4.78, 5) is 40.8. The Morgan fingerprint density at radius 3 is 2.24 bits per heavy atom. The van der Waals surface area contributed by atoms with Gasteiger partial charge in [-0.25, -0.2) is 4.90 Å². The molecular weight excluding hydrogens is 457 g/mol. The number of nitro groups is 1. The number of imide groups is 1. The van der Waals surface area contributed by atoms with Gasteiger partial charge in [0.1, 0.15) is 11.4 Å². The predicted octanol–water partition coefficient (Wildman–Crippen LogP) is 3.08. The van der Waals surface area contributed by atoms with Crippen LogP contribution in [0.4, 0.5) is 30.2 Å². The van der Waals surface area contributed by atoms with Crippen LogP contribution in [0.15, 0.2) is 42.5 Å². The van der Waals surface area contributed by atoms with Crippen LogP contribution < -0.4 is 14.5 Å². The minimum atomic E-state index is -4.69. The number of amides is 2. The van der Waals surface area contributed by atoms with Gasteiger partial charge >= 0.3 is 6.18 Å². The minimum absolute atomic E-state index is 0.00525. The lowest BCUT2D eigenvalue weighted by Gasteiger charge is -2.37. The van der Waals surface area contributed by atoms with E-state index in [1.165, 1.54) is 7.11 Å². The van der Waals surface area contributed by atoms with Crippen LogP contribution in [0.25, 0.3) is 0 Å². The molecule has 0 aromatic heterocycles. The van der Waals surface area contributed by atoms with E-state index in [2.05, 4.69) is 0 Å². The second kappa shape index (κ2) is 8.93. The third-order valence-corrected chi connectivity index (χ3v) is 6.05. The number of carbonyl (C=O) groups is 2. The summed E-state index contributed by atoms with van der Waals surface area (Å²) in [6.07, 6.45) is -4.68. The fourth-order valence-electron chi connectivity index (χ4n) is 4.29. The Morgan fingerprint density at radius 1 is 1.03 bits per heavy atom. The summed E-state index contributed by atoms with van der Waals surface area (Å²) < 4.78 is 44.0. The number of carbonyl (C=O) groups excluding carboxylic acids is 2. The van der Waals surface area contributed by atoms with E-state index in [9.17, 15) is 32.9 Å². The number of ether oxygens (including phenoxy) is 1. The van der Waals surface area contributed by atoms with Crippen LogP contribution in [-0.2, 0) is 15.8 Å². The number of rotatable bonds is 5. The minimum Gasteiger partial charge on any atom is -0.497 e. The molecule has 0 spiro atoms. The quantitative estimate of drug-likeness (QED) is 0.370. The molecule has 2 aromatic rings. The van der Waals surface area contributed by atoms with Gasteiger partial charge in [-0.3, -0.25) is 24.6 Å². The highest BCUT2D eigenvalue weighted by Crippen LogP contribution is 2.37. The van der Waals surface area contributed by atoms with Crippen LogP contribution in [0.2, 0.25) is 0 Å². The predicted molar refractivity (Wildman–Crippen MR) is 116 cm³/mol. The van der Waals surface area contributed by atoms with Gasteiger partial charge in [0, 0.05) is 32.2 Å². The number of hydrogen-bond donors (Lipinski definition) is 0. The number of piperazine rings is 1. The molecule has 2 aliphatic rings. The van der Waals surface area contributed by atoms with Crippen molar-refractivity contribution in [1.29, 1.82) is 0 Å². The molecule has 34 heavy (non-hydrogen) atoms. The molecule has 1 atom stereocenters. The Hall–Kier alpha value is -3.67. The van der Waals surface area contributed by atoms with Crippen LogP contribution in [-0.4, -0.2) is 61.0 Å². The lowest BCUT2D eigenvalue weighted by atomic mass is 10.1. The van der Waals surface area contributed by atoms with Gasteiger partial charge in [0.25, 0.3) is 11.6 Å². The maximum absolute atomic E-state index is 13.0. The molecule has 2 fully saturated rings. The number of halogens is 3. The van der Waals surface area contributed by atoms with E-state index in [4.69, 9.17) is 4.74 Å². The smallest absolute Gasteiger partial charge is 0.416 e. The molecule has 0 bridgehead atoms. The highest BCUT2D eigenvalue weighted by Gasteiger charge is 2.43. The van der Waals surface area contributed by atoms with Gasteiger partial charge < -0.3 is 9.64 Å². The second-order valence-electron chi connectivity index (χ2n) is 7.97. The van der Waals surface area contributed by atoms with Crippen molar-refractivity contribution in [2.45, 2.75) is 18.6 Å². The number of methoxy groups -OCH3 is 1. The third kappa shape index (κ3) is 4.40. The van der Waals surface area contributed by atoms with Crippen molar-refractivity contribution in [1.82, 2.24) is 4.90 Å². The summed E-state index contributed by atoms with van der Waals surface area (Å²) in [5, 5.41) is 11.4. The normalized spacial score (nSPS) is 19.6. The van der Waals surface area contributed by atoms with Crippen molar-refractivity contribution in [3.8, 4) is 5.75 Å². The van der Waals surface area contributed by atoms with Gasteiger partial charge in [-0.1, -0.05) is 0 Å². The first-order chi connectivity index (χ1) is 16.1. The highest BCUT2D eigenvalue weighted by atomic mass is 19.4. The zero-order valence-electron chi connectivity index (χ0n) is 18.1. The lowest BCUT2D eigenvalue weighted by Crippen LogP contribution is -2.52. The van der Waals surface area contributed by atoms with Gasteiger partial charge in [-0.05, 0) is 36.4 Å². The van der Waals surface area contributed by atoms with E-state index in [0.717, 1.165) is 17.0 Å². The van der Waals surface area contributed by atoms with Crippen molar-refractivity contribution < 1.29 is 32.4 Å². The van der Waals surface area contributed by atoms with Gasteiger partial charge in [-0.15, -0.1) is 0 Å². The van der Waals surface area contributed by atoms with E-state index < -0.39 is 28.4 Å². The van der Waals surface area contributed by atoms with Crippen molar-refractivity contribution >= 4 is 28.9 Å². The Labute approximate surface area is 192 Å². The molecule has 2 heterocycles. The molecule has 0 N–H and O–H groups in total. The number of hydrogen-bond acceptors (Lipinski definition) is 7. The fraction of sp³-hybridized carbons (Fsp3) is 0.364. The zero-order chi connectivity index (χ0) is 24.6. The molecule has 4 rings (SSSR count). The molecule has 0 saturated carbocycles. The van der Waals surface area contributed by atoms with Crippen LogP contribution in [0, 0.1) is 10.1 Å². The first-order valence-electron chi connectivity index (χ1n) is 10.5. The van der Waals surface area contributed by atoms with E-state index in [0.29, 0.717) is 30.6 Å². The molecule has 2 saturated heterocycles. The van der Waals surface area contributed by atoms with Gasteiger partial charge in [0.15, 0.2) is 0 Å². The fourth-order valence-corrected chi connectivity index (χ4v) is 4.29. The van der Waals surface area contributed by atoms with Crippen LogP contribution in [0.5, 0.6) is 5.75 Å². The summed E-state index contributed by atoms with van der Waals surface area (Å²) >= 11 is 0. The summed E-state index contributed by atoms with van der Waals surface area (Å²) in [6, 6.07) is 8.34. The van der Waals surface area contributed by atoms with Crippen LogP contribution in [0.3, 0.4) is 0 Å². The Morgan fingerprint density at radius 2 is 1.68 bits per heavy atom. The maximum atomic E-state index is 13.0. The van der Waals surface area contributed by atoms with E-state index in [-0.39, 0.29) is 37.0 Å². The Balaban J connectivity index is 1.46. The van der Waals surface area contributed by atoms with E-state index >= 15 is 0 Å². The maximum Gasteiger partial charge on any atom is 0.416 e. The first kappa shape index (κ1) is 23.5. The zero-order valence-corrected chi connectivity index (χ0v) is 18.1. The molecule has 0 unspecified atom stereocenters. The summed E-state index contributed by atoms with van der Waals surface area (Å²) in [6.45, 7) is 1.15. The number of benzene rings is 2. The van der Waals surface area contributed by atoms with Gasteiger partial charge in [0.05, 0.1) is 35.7 Å². The van der Waals surface area contributed by atoms with Crippen molar-refractivity contribution in [3.63, 3.8) is 0 Å². The van der Waals surface area contributed by atoms with Crippen molar-refractivity contribution in [2.75, 3.05) is 43.1 Å². The summed E-state index contributed by atoms with van der Waals surface area (Å²) in [7, 11) is 1.51. The van der Waals surface area contributed by atoms with E-state index in [1.54, 1.807) is 29.2 Å². The van der Waals surface area contributed by atoms with Crippen LogP contribution >= 0.6 is 0 Å². The van der Waals surface area contributed by atoms with Crippen LogP contribution in [0.1, 0.15) is 12.0 Å². The average Bonchev–Trinajstić information content (AvgIpc) is 3.12. The highest BCUT2D eigenvalue weighted by molar-refractivity contribution is 6.22. The van der Waals surface area contributed by atoms with Gasteiger partial charge in [0.2, 0.25) is 5.91 Å². The molecule has 180 valence electrons. The number of alkyl halides is 3. The molecule has 2 amide bonds. The third-order valence-electron chi connectivity index (χ3n) is 6.05. The first-order valence-corrected chi connectivity index (χ1v) is 10.5. The van der Waals surface area contributed by atoms with Gasteiger partial charge in [-0.2, -0.15) is 13.2 Å². The number of nitro benzene ring substituents is 1. The van der Waals surface area contributed by atoms with Crippen molar-refractivity contribution in [3.05, 3.63) is 58.1 Å². The number of nitrogens with zero attached hydrogens (tertiary/aromatic N) is 4. The molecule has 0 radical (unpaired) electrons. The largest absolute Gasteiger partial charge is 0.497 e. The Bertz CT molecular complexity index is 1110. The monoisotopic (exact) mass is 478 g/mol. The average molecular weight is 478 g/mol. The van der Waals surface area contributed by atoms with E-state index in [1.807, 2.05) is 4.90 Å². The SMILES string of the molecule is COc1ccc(N2C(=O)C[C@@H](N3CCN(c4ccc(C(F)(F)F)cc4[N+](=O)[O-])CC3)C2=O)cc1. The summed E-state index contributed by atoms with van der Waals surface area (Å²) in [5.74, 6) is -0.0991. The lowest BCUT2D eigenvalue weighted by molar-refractivity contribution is -0.384. The molecular formula is C22H21F3N4O5. The molecule has 2 aromatic carbocycles. The standard InChI is InChI=1S/C22H21F3N4O5/c1-34-16-5-3-15(4-6-16)28-20(30)13-19(21(28)31)27-10-8-26(9-11-27)17-7-2-14(22(23,24)25)12-18(17)29(32)33/h2-7,12,19H,8-11,13H2,1H3/t19-/m1/s1. The van der Waals surface area contributed by atoms with Crippen molar-refractivity contribution in [2.24, 2.45) is 0 Å². The number of anilines is 2. The molecule has 12 heteroatoms. The topological polar surface area (TPSA) is 96.2 Å². The second-order valence-corrected chi connectivity index (χ2v) is 7.97. The molecule has 2 aliphatic heterocycles. The molecule has 0 aliphatic carbocycles. The molecule has 9 nitrogen and oxygen atoms in total. The Kier molecular flexibility index (Phi) is 6.17. The summed E-state index contributed by atoms with van der Waals surface area (Å²) in [5.41, 5.74) is -1.18.